The number of carbonyl (C=O) groups is 4. The summed E-state index contributed by atoms with van der Waals surface area (Å²) in [5.41, 5.74) is 6.03. The van der Waals surface area contributed by atoms with Gasteiger partial charge in [0.25, 0.3) is 5.91 Å². The highest BCUT2D eigenvalue weighted by Crippen LogP contribution is 2.31. The number of rotatable bonds is 5. The summed E-state index contributed by atoms with van der Waals surface area (Å²) in [6.45, 7) is 0.376. The molecule has 2 fully saturated rings. The maximum Gasteiger partial charge on any atom is 0.273 e. The lowest BCUT2D eigenvalue weighted by Crippen LogP contribution is -2.43. The number of pyridine rings is 1. The zero-order valence-electron chi connectivity index (χ0n) is 15.5. The molecule has 149 valence electrons. The molecule has 29 heavy (non-hydrogen) atoms. The molecule has 2 aliphatic rings. The van der Waals surface area contributed by atoms with Crippen LogP contribution >= 0.6 is 11.3 Å². The molecule has 2 aliphatic heterocycles. The second-order valence-electron chi connectivity index (χ2n) is 6.98. The highest BCUT2D eigenvalue weighted by molar-refractivity contribution is 7.10. The van der Waals surface area contributed by atoms with Crippen LogP contribution in [0.25, 0.3) is 0 Å². The molecule has 2 N–H and O–H groups in total. The first kappa shape index (κ1) is 19.3. The molecule has 3 amide bonds. The van der Waals surface area contributed by atoms with Crippen molar-refractivity contribution in [2.45, 2.75) is 24.9 Å². The zero-order chi connectivity index (χ0) is 20.5. The lowest BCUT2D eigenvalue weighted by atomic mass is 10.1. The monoisotopic (exact) mass is 411 g/mol. The minimum atomic E-state index is -0.634. The molecule has 2 unspecified atom stereocenters. The van der Waals surface area contributed by atoms with E-state index in [0.717, 1.165) is 0 Å². The van der Waals surface area contributed by atoms with Crippen molar-refractivity contribution >= 4 is 34.8 Å². The van der Waals surface area contributed by atoms with Gasteiger partial charge in [-0.15, -0.1) is 11.3 Å². The number of hydrogen-bond donors (Lipinski definition) is 1. The number of nitrogens with two attached hydrogens (primary N) is 1. The van der Waals surface area contributed by atoms with Crippen molar-refractivity contribution in [3.63, 3.8) is 0 Å². The number of thiophene rings is 1. The number of fused-ring (bicyclic) bond motifs is 1. The Morgan fingerprint density at radius 2 is 2.07 bits per heavy atom. The smallest absolute Gasteiger partial charge is 0.273 e. The summed E-state index contributed by atoms with van der Waals surface area (Å²) in [7, 11) is 0. The van der Waals surface area contributed by atoms with Crippen LogP contribution in [0.1, 0.15) is 32.1 Å². The number of carbonyl (C=O) groups excluding carboxylic acids is 4. The first-order valence-electron chi connectivity index (χ1n) is 9.22. The largest absolute Gasteiger partial charge is 0.366 e. The zero-order valence-corrected chi connectivity index (χ0v) is 16.3. The van der Waals surface area contributed by atoms with Crippen molar-refractivity contribution in [1.82, 2.24) is 14.8 Å². The summed E-state index contributed by atoms with van der Waals surface area (Å²) in [5, 5.41) is 1.75. The summed E-state index contributed by atoms with van der Waals surface area (Å²) < 4.78 is 0. The van der Waals surface area contributed by atoms with Crippen LogP contribution in [0.5, 0.6) is 0 Å². The van der Waals surface area contributed by atoms with Gasteiger partial charge in [-0.05, 0) is 36.4 Å². The third-order valence-electron chi connectivity index (χ3n) is 5.32. The van der Waals surface area contributed by atoms with Gasteiger partial charge in [0, 0.05) is 17.6 Å². The number of nitrogens with zero attached hydrogens (tertiary/aromatic N) is 3. The van der Waals surface area contributed by atoms with Gasteiger partial charge in [0.1, 0.15) is 11.7 Å². The highest BCUT2D eigenvalue weighted by atomic mass is 32.1. The van der Waals surface area contributed by atoms with E-state index in [-0.39, 0.29) is 42.3 Å². The molecule has 4 rings (SSSR count). The molecule has 0 saturated carbocycles. The van der Waals surface area contributed by atoms with E-state index in [4.69, 9.17) is 5.73 Å². The average molecular weight is 411 g/mol. The third-order valence-corrected chi connectivity index (χ3v) is 6.27. The average Bonchev–Trinajstić information content (AvgIpc) is 3.43. The SMILES string of the molecule is NC(=O)c1ccsc1C[CH]C(=O)N1CCC2C1C(=O)CN2C(=O)c1ccccn1. The van der Waals surface area contributed by atoms with Crippen LogP contribution in [-0.4, -0.2) is 63.5 Å². The van der Waals surface area contributed by atoms with E-state index in [0.29, 0.717) is 23.4 Å². The molecule has 0 aromatic carbocycles. The molecule has 2 atom stereocenters. The van der Waals surface area contributed by atoms with Crippen molar-refractivity contribution in [1.29, 1.82) is 0 Å². The number of amides is 3. The van der Waals surface area contributed by atoms with Gasteiger partial charge in [0.2, 0.25) is 11.8 Å². The van der Waals surface area contributed by atoms with E-state index in [1.54, 1.807) is 29.6 Å². The minimum absolute atomic E-state index is 0.0226. The van der Waals surface area contributed by atoms with Crippen molar-refractivity contribution in [2.24, 2.45) is 5.73 Å². The quantitative estimate of drug-likeness (QED) is 0.777. The van der Waals surface area contributed by atoms with Gasteiger partial charge < -0.3 is 15.5 Å². The van der Waals surface area contributed by atoms with Gasteiger partial charge in [0.05, 0.1) is 24.6 Å². The van der Waals surface area contributed by atoms with Crippen LogP contribution in [0.3, 0.4) is 0 Å². The lowest BCUT2D eigenvalue weighted by Gasteiger charge is -2.24. The van der Waals surface area contributed by atoms with E-state index in [2.05, 4.69) is 4.98 Å². The standard InChI is InChI=1S/C20H19N4O4S/c21-19(27)12-7-10-29-16(12)4-5-17(26)23-9-6-14-18(23)15(25)11-24(14)20(28)13-3-1-2-8-22-13/h1-3,5,7-8,10,14,18H,4,6,9,11H2,(H2,21,27). The Labute approximate surface area is 171 Å². The summed E-state index contributed by atoms with van der Waals surface area (Å²) in [6.07, 6.45) is 3.82. The molecule has 2 aromatic rings. The molecular formula is C20H19N4O4S. The molecule has 1 radical (unpaired) electrons. The molecule has 0 bridgehead atoms. The maximum absolute atomic E-state index is 12.8. The maximum atomic E-state index is 12.8. The highest BCUT2D eigenvalue weighted by Gasteiger charge is 2.51. The van der Waals surface area contributed by atoms with Crippen LogP contribution < -0.4 is 5.73 Å². The fraction of sp³-hybridized carbons (Fsp3) is 0.300. The minimum Gasteiger partial charge on any atom is -0.366 e. The van der Waals surface area contributed by atoms with Gasteiger partial charge in [-0.2, -0.15) is 0 Å². The van der Waals surface area contributed by atoms with Crippen LogP contribution in [-0.2, 0) is 16.0 Å². The first-order chi connectivity index (χ1) is 14.0. The Hall–Kier alpha value is -3.07. The predicted octanol–water partition coefficient (Wildman–Crippen LogP) is 0.683. The van der Waals surface area contributed by atoms with E-state index in [1.165, 1.54) is 33.8 Å². The molecule has 0 spiro atoms. The second kappa shape index (κ2) is 7.75. The molecule has 9 heteroatoms. The number of aromatic nitrogens is 1. The van der Waals surface area contributed by atoms with Crippen molar-refractivity contribution in [3.8, 4) is 0 Å². The Morgan fingerprint density at radius 1 is 1.24 bits per heavy atom. The fourth-order valence-electron chi connectivity index (χ4n) is 3.99. The normalized spacial score (nSPS) is 20.8. The Balaban J connectivity index is 1.44. The first-order valence-corrected chi connectivity index (χ1v) is 10.1. The molecular weight excluding hydrogens is 392 g/mol. The number of likely N-dealkylation sites (tertiary alicyclic amines) is 2. The number of Topliss-reactive ketones (excluding diaryl/α,β-unsaturated/α-hetero) is 1. The third kappa shape index (κ3) is 3.53. The van der Waals surface area contributed by atoms with E-state index >= 15 is 0 Å². The van der Waals surface area contributed by atoms with E-state index in [9.17, 15) is 19.2 Å². The van der Waals surface area contributed by atoms with Gasteiger partial charge in [-0.1, -0.05) is 6.07 Å². The van der Waals surface area contributed by atoms with Crippen molar-refractivity contribution < 1.29 is 19.2 Å². The molecule has 2 aromatic heterocycles. The van der Waals surface area contributed by atoms with Gasteiger partial charge >= 0.3 is 0 Å². The Morgan fingerprint density at radius 3 is 2.79 bits per heavy atom. The van der Waals surface area contributed by atoms with Gasteiger partial charge in [-0.25, -0.2) is 0 Å². The summed E-state index contributed by atoms with van der Waals surface area (Å²) >= 11 is 1.35. The van der Waals surface area contributed by atoms with E-state index in [1.807, 2.05) is 0 Å². The molecule has 2 saturated heterocycles. The van der Waals surface area contributed by atoms with Crippen LogP contribution in [0, 0.1) is 6.42 Å². The summed E-state index contributed by atoms with van der Waals surface area (Å²) in [6, 6.07) is 5.72. The van der Waals surface area contributed by atoms with Crippen LogP contribution in [0.15, 0.2) is 35.8 Å². The lowest BCUT2D eigenvalue weighted by molar-refractivity contribution is -0.133. The number of hydrogen-bond acceptors (Lipinski definition) is 6. The van der Waals surface area contributed by atoms with Gasteiger partial charge in [-0.3, -0.25) is 24.2 Å². The number of primary amides is 1. The van der Waals surface area contributed by atoms with E-state index < -0.39 is 11.9 Å². The predicted molar refractivity (Wildman–Crippen MR) is 105 cm³/mol. The summed E-state index contributed by atoms with van der Waals surface area (Å²) in [5.74, 6) is -1.25. The molecule has 4 heterocycles. The van der Waals surface area contributed by atoms with Gasteiger partial charge in [0.15, 0.2) is 5.78 Å². The Bertz CT molecular complexity index is 974. The fourth-order valence-corrected chi connectivity index (χ4v) is 4.83. The Kier molecular flexibility index (Phi) is 5.14. The topological polar surface area (TPSA) is 114 Å². The van der Waals surface area contributed by atoms with Crippen LogP contribution in [0.4, 0.5) is 0 Å². The summed E-state index contributed by atoms with van der Waals surface area (Å²) in [4.78, 5) is 57.4. The molecule has 8 nitrogen and oxygen atoms in total. The van der Waals surface area contributed by atoms with Crippen molar-refractivity contribution in [3.05, 3.63) is 58.4 Å². The number of ketones is 1. The van der Waals surface area contributed by atoms with Crippen molar-refractivity contribution in [2.75, 3.05) is 13.1 Å². The second-order valence-corrected chi connectivity index (χ2v) is 7.98. The molecule has 0 aliphatic carbocycles. The van der Waals surface area contributed by atoms with Crippen LogP contribution in [0.2, 0.25) is 0 Å².